The molecule has 0 saturated heterocycles. The number of nitrogens with one attached hydrogen (secondary N) is 1. The smallest absolute Gasteiger partial charge is 0.200 e. The van der Waals surface area contributed by atoms with Crippen LogP contribution in [-0.2, 0) is 0 Å². The lowest BCUT2D eigenvalue weighted by molar-refractivity contribution is 0.328. The zero-order chi connectivity index (χ0) is 13.8. The van der Waals surface area contributed by atoms with E-state index < -0.39 is 0 Å². The van der Waals surface area contributed by atoms with Gasteiger partial charge in [0, 0.05) is 6.04 Å². The highest BCUT2D eigenvalue weighted by Crippen LogP contribution is 2.27. The zero-order valence-corrected chi connectivity index (χ0v) is 12.0. The van der Waals surface area contributed by atoms with Crippen molar-refractivity contribution < 1.29 is 0 Å². The van der Waals surface area contributed by atoms with E-state index >= 15 is 0 Å². The van der Waals surface area contributed by atoms with Crippen molar-refractivity contribution in [1.29, 1.82) is 0 Å². The number of aromatic nitrogens is 5. The Morgan fingerprint density at radius 3 is 3.00 bits per heavy atom. The number of hydrogen-bond acceptors (Lipinski definition) is 5. The van der Waals surface area contributed by atoms with Crippen LogP contribution >= 0.6 is 0 Å². The second-order valence-corrected chi connectivity index (χ2v) is 5.87. The van der Waals surface area contributed by atoms with Crippen LogP contribution in [0, 0.1) is 5.92 Å². The summed E-state index contributed by atoms with van der Waals surface area (Å²) in [5.41, 5.74) is 0.672. The van der Waals surface area contributed by atoms with Gasteiger partial charge in [-0.05, 0) is 48.2 Å². The van der Waals surface area contributed by atoms with Gasteiger partial charge in [0.2, 0.25) is 0 Å². The number of tetrazole rings is 1. The molecule has 2 heterocycles. The molecular weight excluding hydrogens is 252 g/mol. The highest BCUT2D eigenvalue weighted by molar-refractivity contribution is 5.42. The molecule has 1 aliphatic rings. The minimum absolute atomic E-state index is 0.429. The Morgan fingerprint density at radius 2 is 2.15 bits per heavy atom. The van der Waals surface area contributed by atoms with Gasteiger partial charge in [0.1, 0.15) is 5.82 Å². The average molecular weight is 274 g/mol. The Bertz CT molecular complexity index is 545. The van der Waals surface area contributed by atoms with E-state index in [-0.39, 0.29) is 0 Å². The maximum Gasteiger partial charge on any atom is 0.200 e. The number of rotatable bonds is 5. The minimum atomic E-state index is 0.429. The standard InChI is InChI=1S/C14H22N6/c1-11(7-8-12-5-3-2-4-6-12)15-13-9-10-14-16-18-19-20(14)17-13/h9-12H,2-8H2,1H3,(H,15,17). The maximum atomic E-state index is 4.34. The van der Waals surface area contributed by atoms with Crippen molar-refractivity contribution in [2.75, 3.05) is 5.32 Å². The van der Waals surface area contributed by atoms with Crippen molar-refractivity contribution in [3.05, 3.63) is 12.1 Å². The molecule has 2 aromatic heterocycles. The van der Waals surface area contributed by atoms with Gasteiger partial charge in [-0.15, -0.1) is 14.8 Å². The minimum Gasteiger partial charge on any atom is -0.366 e. The predicted octanol–water partition coefficient (Wildman–Crippen LogP) is 2.68. The Balaban J connectivity index is 1.51. The van der Waals surface area contributed by atoms with Crippen LogP contribution in [0.25, 0.3) is 5.65 Å². The average Bonchev–Trinajstić information content (AvgIpc) is 2.94. The summed E-state index contributed by atoms with van der Waals surface area (Å²) in [5.74, 6) is 1.77. The summed E-state index contributed by atoms with van der Waals surface area (Å²) >= 11 is 0. The van der Waals surface area contributed by atoms with Gasteiger partial charge in [-0.25, -0.2) is 0 Å². The second-order valence-electron chi connectivity index (χ2n) is 5.87. The molecule has 0 amide bonds. The first kappa shape index (κ1) is 13.3. The van der Waals surface area contributed by atoms with Gasteiger partial charge in [0.05, 0.1) is 0 Å². The maximum absolute atomic E-state index is 4.34. The van der Waals surface area contributed by atoms with Gasteiger partial charge in [-0.2, -0.15) is 0 Å². The first-order chi connectivity index (χ1) is 9.81. The number of nitrogens with zero attached hydrogens (tertiary/aromatic N) is 5. The summed E-state index contributed by atoms with van der Waals surface area (Å²) in [5, 5.41) is 19.0. The molecule has 20 heavy (non-hydrogen) atoms. The summed E-state index contributed by atoms with van der Waals surface area (Å²) in [6.45, 7) is 2.22. The molecule has 2 aromatic rings. The third kappa shape index (κ3) is 3.23. The SMILES string of the molecule is CC(CCC1CCCCC1)Nc1ccc2nnnn2n1. The van der Waals surface area contributed by atoms with Crippen LogP contribution in [0.15, 0.2) is 12.1 Å². The lowest BCUT2D eigenvalue weighted by Crippen LogP contribution is -2.19. The third-order valence-electron chi connectivity index (χ3n) is 4.20. The fraction of sp³-hybridized carbons (Fsp3) is 0.714. The molecule has 6 nitrogen and oxygen atoms in total. The van der Waals surface area contributed by atoms with Crippen LogP contribution in [0.5, 0.6) is 0 Å². The van der Waals surface area contributed by atoms with Gasteiger partial charge in [0.15, 0.2) is 5.65 Å². The Labute approximate surface area is 118 Å². The van der Waals surface area contributed by atoms with Crippen LogP contribution in [-0.4, -0.2) is 31.3 Å². The van der Waals surface area contributed by atoms with E-state index in [1.807, 2.05) is 12.1 Å². The lowest BCUT2D eigenvalue weighted by atomic mass is 9.85. The molecule has 6 heteroatoms. The molecule has 1 aliphatic carbocycles. The molecule has 0 radical (unpaired) electrons. The first-order valence-electron chi connectivity index (χ1n) is 7.63. The van der Waals surface area contributed by atoms with E-state index in [0.29, 0.717) is 11.7 Å². The summed E-state index contributed by atoms with van der Waals surface area (Å²) in [7, 11) is 0. The van der Waals surface area contributed by atoms with Gasteiger partial charge >= 0.3 is 0 Å². The molecule has 1 unspecified atom stereocenters. The molecule has 1 N–H and O–H groups in total. The normalized spacial score (nSPS) is 18.2. The van der Waals surface area contributed by atoms with E-state index in [9.17, 15) is 0 Å². The largest absolute Gasteiger partial charge is 0.366 e. The predicted molar refractivity (Wildman–Crippen MR) is 77.5 cm³/mol. The first-order valence-corrected chi connectivity index (χ1v) is 7.63. The van der Waals surface area contributed by atoms with Crippen molar-refractivity contribution in [3.8, 4) is 0 Å². The van der Waals surface area contributed by atoms with Crippen molar-refractivity contribution in [1.82, 2.24) is 25.3 Å². The quantitative estimate of drug-likeness (QED) is 0.908. The van der Waals surface area contributed by atoms with Crippen molar-refractivity contribution in [2.24, 2.45) is 5.92 Å². The topological polar surface area (TPSA) is 68.0 Å². The van der Waals surface area contributed by atoms with Gasteiger partial charge in [-0.3, -0.25) is 0 Å². The van der Waals surface area contributed by atoms with Crippen LogP contribution in [0.3, 0.4) is 0 Å². The summed E-state index contributed by atoms with van der Waals surface area (Å²) in [4.78, 5) is 0. The molecule has 1 saturated carbocycles. The second kappa shape index (κ2) is 6.15. The molecule has 0 aromatic carbocycles. The van der Waals surface area contributed by atoms with E-state index in [2.05, 4.69) is 32.9 Å². The Kier molecular flexibility index (Phi) is 4.08. The number of fused-ring (bicyclic) bond motifs is 1. The zero-order valence-electron chi connectivity index (χ0n) is 12.0. The van der Waals surface area contributed by atoms with Crippen LogP contribution in [0.1, 0.15) is 51.9 Å². The van der Waals surface area contributed by atoms with Crippen molar-refractivity contribution >= 4 is 11.5 Å². The van der Waals surface area contributed by atoms with Crippen LogP contribution in [0.4, 0.5) is 5.82 Å². The monoisotopic (exact) mass is 274 g/mol. The Hall–Kier alpha value is -1.72. The highest BCUT2D eigenvalue weighted by Gasteiger charge is 2.14. The van der Waals surface area contributed by atoms with E-state index in [1.54, 1.807) is 0 Å². The number of anilines is 1. The molecule has 3 rings (SSSR count). The van der Waals surface area contributed by atoms with E-state index in [4.69, 9.17) is 0 Å². The third-order valence-corrected chi connectivity index (χ3v) is 4.20. The lowest BCUT2D eigenvalue weighted by Gasteiger charge is -2.23. The van der Waals surface area contributed by atoms with Gasteiger partial charge < -0.3 is 5.32 Å². The molecule has 0 aliphatic heterocycles. The van der Waals surface area contributed by atoms with Crippen molar-refractivity contribution in [3.63, 3.8) is 0 Å². The molecular formula is C14H22N6. The highest BCUT2D eigenvalue weighted by atomic mass is 15.6. The summed E-state index contributed by atoms with van der Waals surface area (Å²) < 4.78 is 1.45. The van der Waals surface area contributed by atoms with E-state index in [0.717, 1.165) is 11.7 Å². The number of hydrogen-bond donors (Lipinski definition) is 1. The Morgan fingerprint density at radius 1 is 1.30 bits per heavy atom. The van der Waals surface area contributed by atoms with Gasteiger partial charge in [-0.1, -0.05) is 32.1 Å². The van der Waals surface area contributed by atoms with Crippen LogP contribution < -0.4 is 5.32 Å². The molecule has 0 bridgehead atoms. The van der Waals surface area contributed by atoms with E-state index in [1.165, 1.54) is 49.6 Å². The van der Waals surface area contributed by atoms with Crippen molar-refractivity contribution in [2.45, 2.75) is 57.9 Å². The molecule has 1 atom stereocenters. The van der Waals surface area contributed by atoms with Crippen LogP contribution in [0.2, 0.25) is 0 Å². The fourth-order valence-corrected chi connectivity index (χ4v) is 3.01. The van der Waals surface area contributed by atoms with Gasteiger partial charge in [0.25, 0.3) is 0 Å². The molecule has 0 spiro atoms. The fourth-order valence-electron chi connectivity index (χ4n) is 3.01. The molecule has 108 valence electrons. The molecule has 1 fully saturated rings. The summed E-state index contributed by atoms with van der Waals surface area (Å²) in [6.07, 6.45) is 9.62. The summed E-state index contributed by atoms with van der Waals surface area (Å²) in [6, 6.07) is 4.24.